The van der Waals surface area contributed by atoms with Gasteiger partial charge in [-0.3, -0.25) is 19.7 Å². The first kappa shape index (κ1) is 24.8. The maximum absolute atomic E-state index is 12.5. The molecule has 0 aliphatic rings. The molecule has 0 spiro atoms. The van der Waals surface area contributed by atoms with Gasteiger partial charge in [0.1, 0.15) is 16.8 Å². The van der Waals surface area contributed by atoms with E-state index in [1.807, 2.05) is 6.92 Å². The van der Waals surface area contributed by atoms with E-state index in [2.05, 4.69) is 5.32 Å². The average molecular weight is 463 g/mol. The lowest BCUT2D eigenvalue weighted by molar-refractivity contribution is -0.384. The second-order valence-electron chi connectivity index (χ2n) is 7.11. The summed E-state index contributed by atoms with van der Waals surface area (Å²) in [5, 5.41) is 13.4. The Bertz CT molecular complexity index is 1010. The first-order valence-corrected chi connectivity index (χ1v) is 10.2. The van der Waals surface area contributed by atoms with Gasteiger partial charge in [-0.1, -0.05) is 25.4 Å². The summed E-state index contributed by atoms with van der Waals surface area (Å²) in [6.45, 7) is 5.21. The lowest BCUT2D eigenvalue weighted by atomic mass is 10.0. The number of halogens is 1. The molecule has 2 aromatic rings. The van der Waals surface area contributed by atoms with Crippen molar-refractivity contribution in [2.45, 2.75) is 26.8 Å². The maximum atomic E-state index is 12.5. The fraction of sp³-hybridized carbons (Fsp3) is 0.318. The van der Waals surface area contributed by atoms with Crippen molar-refractivity contribution in [3.05, 3.63) is 68.7 Å². The number of hydrogen-bond acceptors (Lipinski definition) is 7. The van der Waals surface area contributed by atoms with E-state index in [1.54, 1.807) is 38.1 Å². The van der Waals surface area contributed by atoms with Gasteiger partial charge in [0, 0.05) is 17.2 Å². The van der Waals surface area contributed by atoms with Crippen molar-refractivity contribution in [2.75, 3.05) is 13.2 Å². The molecule has 0 aromatic heterocycles. The van der Waals surface area contributed by atoms with Crippen molar-refractivity contribution in [3.8, 4) is 5.75 Å². The van der Waals surface area contributed by atoms with E-state index in [0.717, 1.165) is 6.07 Å². The van der Waals surface area contributed by atoms with Gasteiger partial charge in [0.25, 0.3) is 11.6 Å². The number of ether oxygens (including phenoxy) is 2. The predicted molar refractivity (Wildman–Crippen MR) is 117 cm³/mol. The zero-order valence-electron chi connectivity index (χ0n) is 17.8. The zero-order chi connectivity index (χ0) is 23.8. The molecule has 9 nitrogen and oxygen atoms in total. The van der Waals surface area contributed by atoms with Gasteiger partial charge >= 0.3 is 5.97 Å². The van der Waals surface area contributed by atoms with Gasteiger partial charge in [0.15, 0.2) is 12.4 Å². The SMILES string of the molecule is CCOc1ccc(C(=O)COC(=O)C(NC(=O)c2ccc(Cl)c([N+](=O)[O-])c2)C(C)C)cc1. The lowest BCUT2D eigenvalue weighted by Gasteiger charge is -2.20. The summed E-state index contributed by atoms with van der Waals surface area (Å²) in [6, 6.07) is 8.91. The van der Waals surface area contributed by atoms with Gasteiger partial charge < -0.3 is 14.8 Å². The number of ketones is 1. The summed E-state index contributed by atoms with van der Waals surface area (Å²) in [4.78, 5) is 47.7. The number of nitrogens with zero attached hydrogens (tertiary/aromatic N) is 1. The first-order valence-electron chi connectivity index (χ1n) is 9.81. The molecule has 0 aliphatic carbocycles. The van der Waals surface area contributed by atoms with Crippen LogP contribution in [-0.2, 0) is 9.53 Å². The highest BCUT2D eigenvalue weighted by Crippen LogP contribution is 2.25. The number of nitro groups is 1. The number of carbonyl (C=O) groups excluding carboxylic acids is 3. The summed E-state index contributed by atoms with van der Waals surface area (Å²) < 4.78 is 10.4. The van der Waals surface area contributed by atoms with Gasteiger partial charge in [-0.25, -0.2) is 4.79 Å². The molecule has 1 N–H and O–H groups in total. The molecule has 170 valence electrons. The highest BCUT2D eigenvalue weighted by molar-refractivity contribution is 6.32. The summed E-state index contributed by atoms with van der Waals surface area (Å²) in [6.07, 6.45) is 0. The monoisotopic (exact) mass is 462 g/mol. The van der Waals surface area contributed by atoms with Crippen molar-refractivity contribution in [1.29, 1.82) is 0 Å². The van der Waals surface area contributed by atoms with E-state index < -0.39 is 40.9 Å². The Labute approximate surface area is 189 Å². The maximum Gasteiger partial charge on any atom is 0.329 e. The highest BCUT2D eigenvalue weighted by Gasteiger charge is 2.28. The summed E-state index contributed by atoms with van der Waals surface area (Å²) in [5.41, 5.74) is -0.117. The largest absolute Gasteiger partial charge is 0.494 e. The minimum Gasteiger partial charge on any atom is -0.494 e. The van der Waals surface area contributed by atoms with E-state index in [9.17, 15) is 24.5 Å². The van der Waals surface area contributed by atoms with E-state index in [4.69, 9.17) is 21.1 Å². The minimum absolute atomic E-state index is 0.0370. The number of rotatable bonds is 10. The topological polar surface area (TPSA) is 125 Å². The molecular weight excluding hydrogens is 440 g/mol. The Balaban J connectivity index is 2.03. The molecule has 1 unspecified atom stereocenters. The zero-order valence-corrected chi connectivity index (χ0v) is 18.5. The smallest absolute Gasteiger partial charge is 0.329 e. The normalized spacial score (nSPS) is 11.5. The Morgan fingerprint density at radius 3 is 2.28 bits per heavy atom. The van der Waals surface area contributed by atoms with Crippen molar-refractivity contribution >= 4 is 34.9 Å². The molecule has 0 radical (unpaired) electrons. The number of nitro benzene ring substituents is 1. The Hall–Kier alpha value is -3.46. The number of nitrogens with one attached hydrogen (secondary N) is 1. The summed E-state index contributed by atoms with van der Waals surface area (Å²) >= 11 is 5.76. The molecule has 2 rings (SSSR count). The molecule has 0 heterocycles. The first-order chi connectivity index (χ1) is 15.1. The molecule has 0 bridgehead atoms. The van der Waals surface area contributed by atoms with Crippen LogP contribution in [0, 0.1) is 16.0 Å². The predicted octanol–water partition coefficient (Wildman–Crippen LogP) is 3.83. The lowest BCUT2D eigenvalue weighted by Crippen LogP contribution is -2.45. The number of Topliss-reactive ketones (excluding diaryl/α,β-unsaturated/α-hetero) is 1. The third-order valence-electron chi connectivity index (χ3n) is 4.45. The standard InChI is InChI=1S/C22H23ClN2O7/c1-4-31-16-8-5-14(6-9-16)19(26)12-32-22(28)20(13(2)3)24-21(27)15-7-10-17(23)18(11-15)25(29)30/h5-11,13,20H,4,12H2,1-3H3,(H,24,27). The van der Waals surface area contributed by atoms with Gasteiger partial charge in [-0.15, -0.1) is 0 Å². The number of benzene rings is 2. The van der Waals surface area contributed by atoms with Crippen LogP contribution >= 0.6 is 11.6 Å². The Morgan fingerprint density at radius 1 is 1.09 bits per heavy atom. The van der Waals surface area contributed by atoms with E-state index >= 15 is 0 Å². The number of amides is 1. The van der Waals surface area contributed by atoms with Crippen LogP contribution in [0.4, 0.5) is 5.69 Å². The van der Waals surface area contributed by atoms with E-state index in [-0.39, 0.29) is 16.5 Å². The molecule has 0 saturated heterocycles. The van der Waals surface area contributed by atoms with Crippen molar-refractivity contribution in [1.82, 2.24) is 5.32 Å². The quantitative estimate of drug-likeness (QED) is 0.246. The Morgan fingerprint density at radius 2 is 1.72 bits per heavy atom. The summed E-state index contributed by atoms with van der Waals surface area (Å²) in [7, 11) is 0. The van der Waals surface area contributed by atoms with E-state index in [0.29, 0.717) is 17.9 Å². The molecule has 2 aromatic carbocycles. The number of carbonyl (C=O) groups is 3. The van der Waals surface area contributed by atoms with E-state index in [1.165, 1.54) is 12.1 Å². The molecular formula is C22H23ClN2O7. The van der Waals surface area contributed by atoms with Crippen molar-refractivity contribution in [3.63, 3.8) is 0 Å². The van der Waals surface area contributed by atoms with Crippen LogP contribution in [0.5, 0.6) is 5.75 Å². The third-order valence-corrected chi connectivity index (χ3v) is 4.76. The molecule has 32 heavy (non-hydrogen) atoms. The average Bonchev–Trinajstić information content (AvgIpc) is 2.76. The fourth-order valence-corrected chi connectivity index (χ4v) is 2.92. The second-order valence-corrected chi connectivity index (χ2v) is 7.51. The third kappa shape index (κ3) is 6.52. The molecule has 0 saturated carbocycles. The van der Waals surface area contributed by atoms with Gasteiger partial charge in [0.05, 0.1) is 11.5 Å². The van der Waals surface area contributed by atoms with Gasteiger partial charge in [-0.2, -0.15) is 0 Å². The van der Waals surface area contributed by atoms with Crippen LogP contribution in [0.2, 0.25) is 5.02 Å². The van der Waals surface area contributed by atoms with Crippen LogP contribution in [0.3, 0.4) is 0 Å². The molecule has 10 heteroatoms. The second kappa shape index (κ2) is 11.2. The van der Waals surface area contributed by atoms with Crippen LogP contribution < -0.4 is 10.1 Å². The van der Waals surface area contributed by atoms with Crippen LogP contribution in [-0.4, -0.2) is 41.8 Å². The van der Waals surface area contributed by atoms with Crippen molar-refractivity contribution < 1.29 is 28.8 Å². The number of hydrogen-bond donors (Lipinski definition) is 1. The molecule has 1 amide bonds. The molecule has 0 fully saturated rings. The highest BCUT2D eigenvalue weighted by atomic mass is 35.5. The van der Waals surface area contributed by atoms with Crippen LogP contribution in [0.15, 0.2) is 42.5 Å². The molecule has 1 atom stereocenters. The van der Waals surface area contributed by atoms with Crippen LogP contribution in [0.1, 0.15) is 41.5 Å². The Kier molecular flexibility index (Phi) is 8.71. The molecule has 0 aliphatic heterocycles. The van der Waals surface area contributed by atoms with Crippen LogP contribution in [0.25, 0.3) is 0 Å². The minimum atomic E-state index is -1.06. The van der Waals surface area contributed by atoms with Crippen molar-refractivity contribution in [2.24, 2.45) is 5.92 Å². The summed E-state index contributed by atoms with van der Waals surface area (Å²) in [5.74, 6) is -1.67. The number of esters is 1. The van der Waals surface area contributed by atoms with Gasteiger partial charge in [0.2, 0.25) is 0 Å². The fourth-order valence-electron chi connectivity index (χ4n) is 2.73. The van der Waals surface area contributed by atoms with Gasteiger partial charge in [-0.05, 0) is 49.2 Å².